The molecule has 1 fully saturated rings. The van der Waals surface area contributed by atoms with Crippen LogP contribution in [-0.4, -0.2) is 15.9 Å². The summed E-state index contributed by atoms with van der Waals surface area (Å²) in [5, 5.41) is 3.02. The zero-order valence-electron chi connectivity index (χ0n) is 11.2. The Bertz CT molecular complexity index is 406. The zero-order valence-corrected chi connectivity index (χ0v) is 11.2. The van der Waals surface area contributed by atoms with Crippen LogP contribution in [0.1, 0.15) is 46.5 Å². The molecule has 2 N–H and O–H groups in total. The van der Waals surface area contributed by atoms with Gasteiger partial charge in [-0.3, -0.25) is 4.79 Å². The first-order valence-electron chi connectivity index (χ1n) is 6.08. The van der Waals surface area contributed by atoms with Gasteiger partial charge in [-0.25, -0.2) is 4.98 Å². The van der Waals surface area contributed by atoms with E-state index in [1.165, 1.54) is 0 Å². The van der Waals surface area contributed by atoms with Crippen LogP contribution in [0.2, 0.25) is 0 Å². The number of imidazole rings is 1. The molecular weight excluding hydrogens is 214 g/mol. The Kier molecular flexibility index (Phi) is 2.56. The van der Waals surface area contributed by atoms with Crippen molar-refractivity contribution in [1.82, 2.24) is 15.3 Å². The van der Waals surface area contributed by atoms with Crippen LogP contribution in [0, 0.1) is 16.7 Å². The van der Waals surface area contributed by atoms with Crippen LogP contribution in [-0.2, 0) is 4.79 Å². The Morgan fingerprint density at radius 1 is 1.41 bits per heavy atom. The van der Waals surface area contributed by atoms with Gasteiger partial charge in [-0.05, 0) is 17.8 Å². The lowest BCUT2D eigenvalue weighted by Crippen LogP contribution is -2.30. The van der Waals surface area contributed by atoms with Crippen LogP contribution < -0.4 is 5.32 Å². The monoisotopic (exact) mass is 235 g/mol. The molecule has 4 heteroatoms. The van der Waals surface area contributed by atoms with Crippen molar-refractivity contribution < 1.29 is 4.79 Å². The minimum atomic E-state index is -0.0651. The van der Waals surface area contributed by atoms with Crippen LogP contribution in [0.15, 0.2) is 12.4 Å². The lowest BCUT2D eigenvalue weighted by Gasteiger charge is -2.12. The summed E-state index contributed by atoms with van der Waals surface area (Å²) < 4.78 is 0. The molecule has 0 bridgehead atoms. The van der Waals surface area contributed by atoms with E-state index in [0.717, 1.165) is 5.82 Å². The average molecular weight is 235 g/mol. The van der Waals surface area contributed by atoms with Crippen molar-refractivity contribution in [1.29, 1.82) is 0 Å². The van der Waals surface area contributed by atoms with Crippen LogP contribution in [0.4, 0.5) is 0 Å². The van der Waals surface area contributed by atoms with E-state index in [1.54, 1.807) is 12.4 Å². The first-order valence-corrected chi connectivity index (χ1v) is 6.08. The molecule has 1 aromatic rings. The third-order valence-corrected chi connectivity index (χ3v) is 4.57. The second kappa shape index (κ2) is 3.59. The van der Waals surface area contributed by atoms with Gasteiger partial charge in [0.1, 0.15) is 5.82 Å². The fraction of sp³-hybridized carbons (Fsp3) is 0.692. The van der Waals surface area contributed by atoms with Crippen molar-refractivity contribution in [2.24, 2.45) is 16.7 Å². The molecule has 1 unspecified atom stereocenters. The van der Waals surface area contributed by atoms with Gasteiger partial charge in [0.25, 0.3) is 0 Å². The molecule has 0 radical (unpaired) electrons. The van der Waals surface area contributed by atoms with Crippen LogP contribution in [0.5, 0.6) is 0 Å². The second-order valence-electron chi connectivity index (χ2n) is 6.08. The number of nitrogens with one attached hydrogen (secondary N) is 2. The maximum Gasteiger partial charge on any atom is 0.224 e. The van der Waals surface area contributed by atoms with Gasteiger partial charge in [-0.15, -0.1) is 0 Å². The molecule has 1 saturated carbocycles. The predicted molar refractivity (Wildman–Crippen MR) is 66.2 cm³/mol. The minimum Gasteiger partial charge on any atom is -0.347 e. The summed E-state index contributed by atoms with van der Waals surface area (Å²) in [6, 6.07) is -0.0651. The summed E-state index contributed by atoms with van der Waals surface area (Å²) in [5.41, 5.74) is 0.167. The predicted octanol–water partition coefficient (Wildman–Crippen LogP) is 2.27. The van der Waals surface area contributed by atoms with Gasteiger partial charge in [-0.2, -0.15) is 0 Å². The number of rotatable bonds is 3. The van der Waals surface area contributed by atoms with Gasteiger partial charge < -0.3 is 10.3 Å². The smallest absolute Gasteiger partial charge is 0.224 e. The van der Waals surface area contributed by atoms with Crippen molar-refractivity contribution in [2.45, 2.75) is 40.7 Å². The minimum absolute atomic E-state index is 0.0651. The standard InChI is InChI=1S/C13H21N3O/c1-8(10-14-6-7-15-10)16-11(17)9-12(2,3)13(9,4)5/h6-9H,1-5H3,(H,14,15)(H,16,17). The van der Waals surface area contributed by atoms with Gasteiger partial charge in [0, 0.05) is 18.3 Å². The Balaban J connectivity index is 2.00. The number of amides is 1. The number of carbonyl (C=O) groups excluding carboxylic acids is 1. The molecule has 0 aromatic carbocycles. The fourth-order valence-electron chi connectivity index (χ4n) is 2.73. The zero-order chi connectivity index (χ0) is 12.8. The van der Waals surface area contributed by atoms with Gasteiger partial charge in [0.15, 0.2) is 0 Å². The van der Waals surface area contributed by atoms with E-state index in [2.05, 4.69) is 43.0 Å². The van der Waals surface area contributed by atoms with Crippen LogP contribution in [0.25, 0.3) is 0 Å². The Labute approximate surface area is 102 Å². The number of aromatic nitrogens is 2. The van der Waals surface area contributed by atoms with E-state index in [4.69, 9.17) is 0 Å². The van der Waals surface area contributed by atoms with Gasteiger partial charge in [0.05, 0.1) is 6.04 Å². The normalized spacial score (nSPS) is 23.1. The van der Waals surface area contributed by atoms with Crippen molar-refractivity contribution in [3.8, 4) is 0 Å². The molecule has 1 aliphatic carbocycles. The Morgan fingerprint density at radius 3 is 2.41 bits per heavy atom. The van der Waals surface area contributed by atoms with E-state index in [9.17, 15) is 4.79 Å². The maximum atomic E-state index is 12.2. The van der Waals surface area contributed by atoms with E-state index in [1.807, 2.05) is 6.92 Å². The molecule has 1 aliphatic rings. The molecule has 1 aromatic heterocycles. The number of carbonyl (C=O) groups is 1. The molecule has 94 valence electrons. The molecule has 0 aliphatic heterocycles. The molecule has 1 amide bonds. The third-order valence-electron chi connectivity index (χ3n) is 4.57. The largest absolute Gasteiger partial charge is 0.347 e. The van der Waals surface area contributed by atoms with E-state index in [-0.39, 0.29) is 28.7 Å². The molecule has 0 saturated heterocycles. The lowest BCUT2D eigenvalue weighted by molar-refractivity contribution is -0.124. The first kappa shape index (κ1) is 12.1. The van der Waals surface area contributed by atoms with Crippen molar-refractivity contribution >= 4 is 5.91 Å². The summed E-state index contributed by atoms with van der Waals surface area (Å²) in [4.78, 5) is 19.4. The van der Waals surface area contributed by atoms with Gasteiger partial charge in [0.2, 0.25) is 5.91 Å². The molecule has 17 heavy (non-hydrogen) atoms. The van der Waals surface area contributed by atoms with Gasteiger partial charge in [-0.1, -0.05) is 27.7 Å². The van der Waals surface area contributed by atoms with Crippen LogP contribution in [0.3, 0.4) is 0 Å². The molecule has 1 atom stereocenters. The van der Waals surface area contributed by atoms with Crippen molar-refractivity contribution in [3.63, 3.8) is 0 Å². The Morgan fingerprint density at radius 2 is 2.00 bits per heavy atom. The summed E-state index contributed by atoms with van der Waals surface area (Å²) in [7, 11) is 0. The highest BCUT2D eigenvalue weighted by atomic mass is 16.2. The number of aromatic amines is 1. The molecule has 2 rings (SSSR count). The number of H-pyrrole nitrogens is 1. The lowest BCUT2D eigenvalue weighted by atomic mass is 10.0. The molecule has 0 spiro atoms. The quantitative estimate of drug-likeness (QED) is 0.844. The first-order chi connectivity index (χ1) is 7.78. The van der Waals surface area contributed by atoms with Crippen LogP contribution >= 0.6 is 0 Å². The Hall–Kier alpha value is -1.32. The van der Waals surface area contributed by atoms with Gasteiger partial charge >= 0.3 is 0 Å². The second-order valence-corrected chi connectivity index (χ2v) is 6.08. The van der Waals surface area contributed by atoms with Crippen molar-refractivity contribution in [2.75, 3.05) is 0 Å². The van der Waals surface area contributed by atoms with Crippen molar-refractivity contribution in [3.05, 3.63) is 18.2 Å². The topological polar surface area (TPSA) is 57.8 Å². The maximum absolute atomic E-state index is 12.2. The summed E-state index contributed by atoms with van der Waals surface area (Å²) in [6.07, 6.45) is 3.46. The summed E-state index contributed by atoms with van der Waals surface area (Å²) in [5.74, 6) is 1.02. The number of nitrogens with zero attached hydrogens (tertiary/aromatic N) is 1. The van der Waals surface area contributed by atoms with E-state index < -0.39 is 0 Å². The fourth-order valence-corrected chi connectivity index (χ4v) is 2.73. The average Bonchev–Trinajstić information content (AvgIpc) is 2.60. The highest BCUT2D eigenvalue weighted by Crippen LogP contribution is 2.68. The van der Waals surface area contributed by atoms with E-state index in [0.29, 0.717) is 0 Å². The molecule has 4 nitrogen and oxygen atoms in total. The highest BCUT2D eigenvalue weighted by molar-refractivity contribution is 5.84. The molecular formula is C13H21N3O. The molecule has 1 heterocycles. The SMILES string of the molecule is CC(NC(=O)C1C(C)(C)C1(C)C)c1ncc[nH]1. The number of hydrogen-bond acceptors (Lipinski definition) is 2. The van der Waals surface area contributed by atoms with E-state index >= 15 is 0 Å². The summed E-state index contributed by atoms with van der Waals surface area (Å²) >= 11 is 0. The summed E-state index contributed by atoms with van der Waals surface area (Å²) in [6.45, 7) is 10.5. The highest BCUT2D eigenvalue weighted by Gasteiger charge is 2.68. The number of hydrogen-bond donors (Lipinski definition) is 2. The third kappa shape index (κ3) is 1.75.